The topological polar surface area (TPSA) is 125 Å². The average molecular weight is 535 g/mol. The maximum Gasteiger partial charge on any atom is 0.387 e. The zero-order valence-corrected chi connectivity index (χ0v) is 20.8. The molecule has 0 aromatic heterocycles. The Kier molecular flexibility index (Phi) is 9.56. The van der Waals surface area contributed by atoms with Crippen molar-refractivity contribution in [3.63, 3.8) is 0 Å². The molecule has 0 radical (unpaired) electrons. The highest BCUT2D eigenvalue weighted by Gasteiger charge is 2.19. The Labute approximate surface area is 214 Å². The van der Waals surface area contributed by atoms with Crippen molar-refractivity contribution in [2.75, 3.05) is 17.5 Å². The third-order valence-electron chi connectivity index (χ3n) is 5.43. The second-order valence-corrected chi connectivity index (χ2v) is 10.2. The zero-order chi connectivity index (χ0) is 27.0. The van der Waals surface area contributed by atoms with Crippen LogP contribution in [0.2, 0.25) is 0 Å². The molecule has 0 aliphatic rings. The number of aliphatic hydroxyl groups is 1. The lowest BCUT2D eigenvalue weighted by atomic mass is 9.98. The number of alkyl halides is 2. The summed E-state index contributed by atoms with van der Waals surface area (Å²) in [7, 11) is -3.67. The molecule has 0 unspecified atom stereocenters. The number of hydrogen-bond donors (Lipinski definition) is 4. The number of ether oxygens (including phenoxy) is 1. The van der Waals surface area contributed by atoms with Gasteiger partial charge in [0.25, 0.3) is 0 Å². The first kappa shape index (κ1) is 28.0. The highest BCUT2D eigenvalue weighted by atomic mass is 32.2. The Morgan fingerprint density at radius 3 is 2.32 bits per heavy atom. The maximum absolute atomic E-state index is 12.7. The van der Waals surface area contributed by atoms with Crippen molar-refractivity contribution < 1.29 is 36.9 Å². The van der Waals surface area contributed by atoms with Gasteiger partial charge in [-0.1, -0.05) is 42.5 Å². The van der Waals surface area contributed by atoms with Crippen LogP contribution < -0.4 is 14.8 Å². The Bertz CT molecular complexity index is 1290. The summed E-state index contributed by atoms with van der Waals surface area (Å²) in [4.78, 5) is 12.7. The standard InChI is InChI=1S/C26H28F2N2O6S/c1-37(34,35)30-23-14-19(9-12-24(23)32)25(33)15-20(31)16-29-22(13-17-5-3-2-4-6-17)18-7-10-21(11-8-18)36-26(27)28/h2-12,14,20,22,26,29-32H,13,15-16H2,1H3/t20-,22-/m1/s1. The van der Waals surface area contributed by atoms with Crippen molar-refractivity contribution >= 4 is 21.5 Å². The van der Waals surface area contributed by atoms with E-state index in [4.69, 9.17) is 0 Å². The number of carbonyl (C=O) groups is 1. The third-order valence-corrected chi connectivity index (χ3v) is 6.02. The van der Waals surface area contributed by atoms with Gasteiger partial charge in [-0.15, -0.1) is 0 Å². The van der Waals surface area contributed by atoms with Gasteiger partial charge in [-0.05, 0) is 47.9 Å². The molecule has 4 N–H and O–H groups in total. The number of rotatable bonds is 13. The van der Waals surface area contributed by atoms with Crippen molar-refractivity contribution in [1.82, 2.24) is 5.32 Å². The molecule has 198 valence electrons. The largest absolute Gasteiger partial charge is 0.506 e. The number of nitrogens with one attached hydrogen (secondary N) is 2. The average Bonchev–Trinajstić information content (AvgIpc) is 2.83. The zero-order valence-electron chi connectivity index (χ0n) is 20.0. The predicted octanol–water partition coefficient (Wildman–Crippen LogP) is 3.87. The number of phenols is 1. The van der Waals surface area contributed by atoms with Gasteiger partial charge in [0.15, 0.2) is 5.78 Å². The molecule has 0 saturated heterocycles. The summed E-state index contributed by atoms with van der Waals surface area (Å²) in [6.07, 6.45) is 0.124. The minimum absolute atomic E-state index is 0.0291. The number of hydrogen-bond acceptors (Lipinski definition) is 7. The number of carbonyl (C=O) groups excluding carboxylic acids is 1. The van der Waals surface area contributed by atoms with E-state index in [1.807, 2.05) is 30.3 Å². The number of ketones is 1. The second-order valence-electron chi connectivity index (χ2n) is 8.49. The Hall–Kier alpha value is -3.54. The van der Waals surface area contributed by atoms with Gasteiger partial charge in [0.05, 0.1) is 18.0 Å². The minimum atomic E-state index is -3.67. The van der Waals surface area contributed by atoms with Crippen LogP contribution in [0, 0.1) is 0 Å². The van der Waals surface area contributed by atoms with E-state index in [1.54, 1.807) is 12.1 Å². The van der Waals surface area contributed by atoms with Crippen molar-refractivity contribution in [1.29, 1.82) is 0 Å². The minimum Gasteiger partial charge on any atom is -0.506 e. The molecule has 0 aliphatic carbocycles. The van der Waals surface area contributed by atoms with Crippen LogP contribution in [-0.2, 0) is 16.4 Å². The summed E-state index contributed by atoms with van der Waals surface area (Å²) in [5.41, 5.74) is 1.77. The molecule has 37 heavy (non-hydrogen) atoms. The third kappa shape index (κ3) is 9.12. The van der Waals surface area contributed by atoms with E-state index in [-0.39, 0.29) is 41.8 Å². The normalized spacial score (nSPS) is 13.2. The van der Waals surface area contributed by atoms with E-state index in [1.165, 1.54) is 30.3 Å². The SMILES string of the molecule is CS(=O)(=O)Nc1cc(C(=O)C[C@@H](O)CN[C@H](Cc2ccccc2)c2ccc(OC(F)F)cc2)ccc1O. The molecule has 0 aliphatic heterocycles. The Morgan fingerprint density at radius 2 is 1.70 bits per heavy atom. The molecule has 0 bridgehead atoms. The molecule has 11 heteroatoms. The van der Waals surface area contributed by atoms with Crippen LogP contribution in [0.1, 0.15) is 33.9 Å². The summed E-state index contributed by atoms with van der Waals surface area (Å²) >= 11 is 0. The highest BCUT2D eigenvalue weighted by Crippen LogP contribution is 2.26. The molecule has 2 atom stereocenters. The number of aromatic hydroxyl groups is 1. The van der Waals surface area contributed by atoms with Gasteiger partial charge in [0, 0.05) is 24.6 Å². The van der Waals surface area contributed by atoms with E-state index in [0.29, 0.717) is 6.42 Å². The van der Waals surface area contributed by atoms with Crippen LogP contribution in [0.4, 0.5) is 14.5 Å². The van der Waals surface area contributed by atoms with Gasteiger partial charge in [-0.25, -0.2) is 8.42 Å². The summed E-state index contributed by atoms with van der Waals surface area (Å²) in [5, 5.41) is 23.6. The van der Waals surface area contributed by atoms with E-state index >= 15 is 0 Å². The van der Waals surface area contributed by atoms with Gasteiger partial charge in [0.1, 0.15) is 11.5 Å². The number of phenolic OH excluding ortho intramolecular Hbond substituents is 1. The Morgan fingerprint density at radius 1 is 1.03 bits per heavy atom. The number of Topliss-reactive ketones (excluding diaryl/α,β-unsaturated/α-hetero) is 1. The van der Waals surface area contributed by atoms with E-state index in [9.17, 15) is 32.2 Å². The summed E-state index contributed by atoms with van der Waals surface area (Å²) in [6, 6.07) is 19.2. The van der Waals surface area contributed by atoms with Crippen LogP contribution in [0.3, 0.4) is 0 Å². The fourth-order valence-electron chi connectivity index (χ4n) is 3.71. The number of aliphatic hydroxyl groups excluding tert-OH is 1. The van der Waals surface area contributed by atoms with Crippen LogP contribution in [0.5, 0.6) is 11.5 Å². The van der Waals surface area contributed by atoms with E-state index < -0.39 is 28.5 Å². The first-order chi connectivity index (χ1) is 17.5. The van der Waals surface area contributed by atoms with Crippen LogP contribution in [0.15, 0.2) is 72.8 Å². The molecule has 8 nitrogen and oxygen atoms in total. The first-order valence-electron chi connectivity index (χ1n) is 11.3. The summed E-state index contributed by atoms with van der Waals surface area (Å²) in [5.74, 6) is -0.752. The monoisotopic (exact) mass is 534 g/mol. The van der Waals surface area contributed by atoms with Crippen LogP contribution in [-0.4, -0.2) is 49.9 Å². The lowest BCUT2D eigenvalue weighted by molar-refractivity contribution is -0.0498. The molecule has 3 aromatic carbocycles. The molecule has 0 heterocycles. The van der Waals surface area contributed by atoms with Crippen molar-refractivity contribution in [2.24, 2.45) is 0 Å². The smallest absolute Gasteiger partial charge is 0.387 e. The summed E-state index contributed by atoms with van der Waals surface area (Å²) in [6.45, 7) is -2.88. The lowest BCUT2D eigenvalue weighted by Crippen LogP contribution is -2.33. The molecule has 0 fully saturated rings. The highest BCUT2D eigenvalue weighted by molar-refractivity contribution is 7.92. The van der Waals surface area contributed by atoms with Crippen molar-refractivity contribution in [2.45, 2.75) is 31.6 Å². The van der Waals surface area contributed by atoms with E-state index in [2.05, 4.69) is 14.8 Å². The number of sulfonamides is 1. The van der Waals surface area contributed by atoms with Gasteiger partial charge in [-0.2, -0.15) is 8.78 Å². The van der Waals surface area contributed by atoms with Crippen molar-refractivity contribution in [3.05, 3.63) is 89.5 Å². The van der Waals surface area contributed by atoms with Crippen molar-refractivity contribution in [3.8, 4) is 11.5 Å². The summed E-state index contributed by atoms with van der Waals surface area (Å²) < 4.78 is 54.5. The fraction of sp³-hybridized carbons (Fsp3) is 0.269. The maximum atomic E-state index is 12.7. The van der Waals surface area contributed by atoms with Gasteiger partial charge in [0.2, 0.25) is 10.0 Å². The molecule has 0 saturated carbocycles. The predicted molar refractivity (Wildman–Crippen MR) is 135 cm³/mol. The molecule has 0 spiro atoms. The number of anilines is 1. The quantitative estimate of drug-likeness (QED) is 0.194. The van der Waals surface area contributed by atoms with Crippen LogP contribution in [0.25, 0.3) is 0 Å². The molecule has 0 amide bonds. The molecular formula is C26H28F2N2O6S. The van der Waals surface area contributed by atoms with Gasteiger partial charge in [-0.3, -0.25) is 9.52 Å². The lowest BCUT2D eigenvalue weighted by Gasteiger charge is -2.22. The van der Waals surface area contributed by atoms with Gasteiger partial charge >= 0.3 is 6.61 Å². The van der Waals surface area contributed by atoms with Crippen LogP contribution >= 0.6 is 0 Å². The molecule has 3 aromatic rings. The second kappa shape index (κ2) is 12.6. The first-order valence-corrected chi connectivity index (χ1v) is 13.2. The Balaban J connectivity index is 1.67. The van der Waals surface area contributed by atoms with E-state index in [0.717, 1.165) is 17.4 Å². The number of benzene rings is 3. The molecule has 3 rings (SSSR count). The fourth-order valence-corrected chi connectivity index (χ4v) is 4.28. The molecular weight excluding hydrogens is 506 g/mol. The number of halogens is 2. The van der Waals surface area contributed by atoms with Gasteiger partial charge < -0.3 is 20.3 Å².